The maximum atomic E-state index is 11.0. The van der Waals surface area contributed by atoms with Crippen LogP contribution in [0.15, 0.2) is 42.0 Å². The molecule has 0 unspecified atom stereocenters. The molecule has 88 valence electrons. The third kappa shape index (κ3) is 2.47. The zero-order chi connectivity index (χ0) is 12.5. The summed E-state index contributed by atoms with van der Waals surface area (Å²) in [4.78, 5) is 11.0. The van der Waals surface area contributed by atoms with Crippen molar-refractivity contribution in [2.24, 2.45) is 0 Å². The molecular formula is C15H16O2. The van der Waals surface area contributed by atoms with Gasteiger partial charge in [0, 0.05) is 5.56 Å². The fraction of sp³-hybridized carbons (Fsp3) is 0.267. The molecule has 0 atom stereocenters. The Morgan fingerprint density at radius 2 is 2.00 bits per heavy atom. The van der Waals surface area contributed by atoms with E-state index < -0.39 is 5.60 Å². The van der Waals surface area contributed by atoms with Gasteiger partial charge in [0.05, 0.1) is 0 Å². The molecule has 2 rings (SSSR count). The standard InChI is InChI=1S/C15H16O2/c1-11(16)8-9-13-10-12-6-4-5-7-14(12)17-15(13,2)3/h4-10H,1-3H3/b9-8+. The molecule has 0 saturated carbocycles. The summed E-state index contributed by atoms with van der Waals surface area (Å²) in [6.45, 7) is 5.54. The van der Waals surface area contributed by atoms with Crippen LogP contribution in [0.5, 0.6) is 5.75 Å². The van der Waals surface area contributed by atoms with E-state index in [1.165, 1.54) is 0 Å². The molecule has 0 fully saturated rings. The lowest BCUT2D eigenvalue weighted by Gasteiger charge is -2.32. The second kappa shape index (κ2) is 4.21. The van der Waals surface area contributed by atoms with Crippen LogP contribution in [0.3, 0.4) is 0 Å². The van der Waals surface area contributed by atoms with Crippen molar-refractivity contribution in [2.75, 3.05) is 0 Å². The van der Waals surface area contributed by atoms with Crippen molar-refractivity contribution in [3.05, 3.63) is 47.6 Å². The Hall–Kier alpha value is -1.83. The summed E-state index contributed by atoms with van der Waals surface area (Å²) >= 11 is 0. The number of fused-ring (bicyclic) bond motifs is 1. The molecule has 0 bridgehead atoms. The van der Waals surface area contributed by atoms with Crippen LogP contribution < -0.4 is 4.74 Å². The average Bonchev–Trinajstić information content (AvgIpc) is 2.25. The van der Waals surface area contributed by atoms with Gasteiger partial charge in [-0.3, -0.25) is 4.79 Å². The van der Waals surface area contributed by atoms with Crippen molar-refractivity contribution in [1.82, 2.24) is 0 Å². The maximum absolute atomic E-state index is 11.0. The summed E-state index contributed by atoms with van der Waals surface area (Å²) < 4.78 is 5.93. The van der Waals surface area contributed by atoms with E-state index in [-0.39, 0.29) is 5.78 Å². The molecule has 1 aliphatic rings. The van der Waals surface area contributed by atoms with Gasteiger partial charge in [-0.15, -0.1) is 0 Å². The predicted octanol–water partition coefficient (Wildman–Crippen LogP) is 3.39. The normalized spacial score (nSPS) is 17.2. The molecule has 0 amide bonds. The number of carbonyl (C=O) groups is 1. The molecule has 0 aromatic heterocycles. The van der Waals surface area contributed by atoms with Gasteiger partial charge in [0.2, 0.25) is 0 Å². The highest BCUT2D eigenvalue weighted by molar-refractivity contribution is 5.88. The molecule has 1 heterocycles. The third-order valence-electron chi connectivity index (χ3n) is 2.79. The second-order valence-electron chi connectivity index (χ2n) is 4.69. The van der Waals surface area contributed by atoms with E-state index in [2.05, 4.69) is 6.08 Å². The highest BCUT2D eigenvalue weighted by atomic mass is 16.5. The van der Waals surface area contributed by atoms with Crippen molar-refractivity contribution < 1.29 is 9.53 Å². The van der Waals surface area contributed by atoms with E-state index in [9.17, 15) is 4.79 Å². The van der Waals surface area contributed by atoms with Gasteiger partial charge in [0.25, 0.3) is 0 Å². The van der Waals surface area contributed by atoms with Gasteiger partial charge in [-0.25, -0.2) is 0 Å². The first-order valence-corrected chi connectivity index (χ1v) is 5.68. The van der Waals surface area contributed by atoms with Crippen molar-refractivity contribution in [2.45, 2.75) is 26.4 Å². The molecule has 2 nitrogen and oxygen atoms in total. The van der Waals surface area contributed by atoms with Crippen molar-refractivity contribution in [3.63, 3.8) is 0 Å². The number of hydrogen-bond acceptors (Lipinski definition) is 2. The number of hydrogen-bond donors (Lipinski definition) is 0. The lowest BCUT2D eigenvalue weighted by atomic mass is 9.92. The number of para-hydroxylation sites is 1. The van der Waals surface area contributed by atoms with Gasteiger partial charge in [-0.1, -0.05) is 24.3 Å². The van der Waals surface area contributed by atoms with Crippen LogP contribution in [0.25, 0.3) is 6.08 Å². The Labute approximate surface area is 102 Å². The Morgan fingerprint density at radius 1 is 1.29 bits per heavy atom. The Morgan fingerprint density at radius 3 is 2.71 bits per heavy atom. The number of allylic oxidation sites excluding steroid dienone is 1. The SMILES string of the molecule is CC(=O)/C=C/C1=Cc2ccccc2OC1(C)C. The van der Waals surface area contributed by atoms with E-state index in [4.69, 9.17) is 4.74 Å². The summed E-state index contributed by atoms with van der Waals surface area (Å²) in [5, 5.41) is 0. The maximum Gasteiger partial charge on any atom is 0.152 e. The van der Waals surface area contributed by atoms with Crippen LogP contribution in [0.4, 0.5) is 0 Å². The number of rotatable bonds is 2. The van der Waals surface area contributed by atoms with Crippen molar-refractivity contribution in [3.8, 4) is 5.75 Å². The Bertz CT molecular complexity index is 507. The topological polar surface area (TPSA) is 26.3 Å². The van der Waals surface area contributed by atoms with E-state index in [0.717, 1.165) is 16.9 Å². The predicted molar refractivity (Wildman–Crippen MR) is 68.9 cm³/mol. The summed E-state index contributed by atoms with van der Waals surface area (Å²) in [6.07, 6.45) is 5.47. The van der Waals surface area contributed by atoms with Gasteiger partial charge < -0.3 is 4.74 Å². The zero-order valence-corrected chi connectivity index (χ0v) is 10.4. The monoisotopic (exact) mass is 228 g/mol. The smallest absolute Gasteiger partial charge is 0.152 e. The fourth-order valence-corrected chi connectivity index (χ4v) is 1.82. The first-order chi connectivity index (χ1) is 7.99. The first-order valence-electron chi connectivity index (χ1n) is 5.68. The molecule has 0 N–H and O–H groups in total. The number of ketones is 1. The summed E-state index contributed by atoms with van der Waals surface area (Å²) in [5.41, 5.74) is 1.65. The van der Waals surface area contributed by atoms with Crippen LogP contribution in [0.1, 0.15) is 26.3 Å². The molecule has 0 spiro atoms. The second-order valence-corrected chi connectivity index (χ2v) is 4.69. The van der Waals surface area contributed by atoms with Crippen LogP contribution >= 0.6 is 0 Å². The molecule has 1 aliphatic heterocycles. The van der Waals surface area contributed by atoms with Crippen LogP contribution in [-0.2, 0) is 4.79 Å². The number of ether oxygens (including phenoxy) is 1. The lowest BCUT2D eigenvalue weighted by Crippen LogP contribution is -2.32. The Balaban J connectivity index is 2.43. The molecule has 17 heavy (non-hydrogen) atoms. The summed E-state index contributed by atoms with van der Waals surface area (Å²) in [5.74, 6) is 0.929. The number of benzene rings is 1. The lowest BCUT2D eigenvalue weighted by molar-refractivity contribution is -0.112. The minimum Gasteiger partial charge on any atom is -0.483 e. The van der Waals surface area contributed by atoms with Gasteiger partial charge in [-0.05, 0) is 44.6 Å². The molecule has 1 aromatic carbocycles. The highest BCUT2D eigenvalue weighted by Gasteiger charge is 2.28. The molecule has 2 heteroatoms. The van der Waals surface area contributed by atoms with Crippen LogP contribution in [0, 0.1) is 0 Å². The van der Waals surface area contributed by atoms with Crippen molar-refractivity contribution >= 4 is 11.9 Å². The van der Waals surface area contributed by atoms with Crippen LogP contribution in [0.2, 0.25) is 0 Å². The molecule has 0 aliphatic carbocycles. The van der Waals surface area contributed by atoms with E-state index in [0.29, 0.717) is 0 Å². The average molecular weight is 228 g/mol. The number of carbonyl (C=O) groups excluding carboxylic acids is 1. The zero-order valence-electron chi connectivity index (χ0n) is 10.4. The minimum absolute atomic E-state index is 0.0422. The van der Waals surface area contributed by atoms with Gasteiger partial charge in [0.15, 0.2) is 5.78 Å². The van der Waals surface area contributed by atoms with Gasteiger partial charge >= 0.3 is 0 Å². The first kappa shape index (κ1) is 11.6. The fourth-order valence-electron chi connectivity index (χ4n) is 1.82. The van der Waals surface area contributed by atoms with E-state index in [1.807, 2.05) is 44.2 Å². The molecule has 1 aromatic rings. The van der Waals surface area contributed by atoms with Crippen LogP contribution in [-0.4, -0.2) is 11.4 Å². The van der Waals surface area contributed by atoms with Gasteiger partial charge in [-0.2, -0.15) is 0 Å². The minimum atomic E-state index is -0.402. The largest absolute Gasteiger partial charge is 0.483 e. The van der Waals surface area contributed by atoms with E-state index in [1.54, 1.807) is 13.0 Å². The third-order valence-corrected chi connectivity index (χ3v) is 2.79. The summed E-state index contributed by atoms with van der Waals surface area (Å²) in [6, 6.07) is 7.90. The Kier molecular flexibility index (Phi) is 2.88. The molecular weight excluding hydrogens is 212 g/mol. The summed E-state index contributed by atoms with van der Waals surface area (Å²) in [7, 11) is 0. The molecule has 0 saturated heterocycles. The van der Waals surface area contributed by atoms with Gasteiger partial charge in [0.1, 0.15) is 11.4 Å². The van der Waals surface area contributed by atoms with E-state index >= 15 is 0 Å². The van der Waals surface area contributed by atoms with Crippen molar-refractivity contribution in [1.29, 1.82) is 0 Å². The quantitative estimate of drug-likeness (QED) is 0.725. The molecule has 0 radical (unpaired) electrons. The highest BCUT2D eigenvalue weighted by Crippen LogP contribution is 2.35.